The van der Waals surface area contributed by atoms with Gasteiger partial charge in [-0.25, -0.2) is 4.57 Å². The summed E-state index contributed by atoms with van der Waals surface area (Å²) in [7, 11) is 2.31. The second kappa shape index (κ2) is 8.39. The van der Waals surface area contributed by atoms with Crippen molar-refractivity contribution >= 4 is 13.8 Å². The van der Waals surface area contributed by atoms with Gasteiger partial charge in [-0.3, -0.25) is 4.79 Å². The minimum atomic E-state index is -3.88. The molecule has 0 saturated heterocycles. The van der Waals surface area contributed by atoms with Crippen LogP contribution in [0.15, 0.2) is 24.3 Å². The second-order valence-corrected chi connectivity index (χ2v) is 6.52. The van der Waals surface area contributed by atoms with Crippen molar-refractivity contribution in [2.45, 2.75) is 12.5 Å². The molecule has 1 atom stereocenters. The van der Waals surface area contributed by atoms with E-state index in [1.807, 2.05) is 0 Å². The van der Waals surface area contributed by atoms with E-state index in [4.69, 9.17) is 24.6 Å². The molecule has 0 aliphatic rings. The zero-order valence-electron chi connectivity index (χ0n) is 13.5. The van der Waals surface area contributed by atoms with Gasteiger partial charge in [-0.15, -0.1) is 0 Å². The maximum Gasteiger partial charge on any atom is 0.564 e. The Kier molecular flexibility index (Phi) is 7.14. The Morgan fingerprint density at radius 3 is 2.04 bits per heavy atom. The molecule has 10 heteroatoms. The third-order valence-electron chi connectivity index (χ3n) is 2.44. The first kappa shape index (κ1) is 19.6. The highest BCUT2D eigenvalue weighted by molar-refractivity contribution is 7.48. The maximum atomic E-state index is 12.5. The molecule has 3 N–H and O–H groups in total. The van der Waals surface area contributed by atoms with Crippen molar-refractivity contribution in [3.63, 3.8) is 0 Å². The summed E-state index contributed by atoms with van der Waals surface area (Å²) in [5.74, 6) is -0.821. The minimum absolute atomic E-state index is 0.176. The molecule has 0 aliphatic carbocycles. The predicted octanol–water partition coefficient (Wildman–Crippen LogP) is 1.11. The lowest BCUT2D eigenvalue weighted by Crippen LogP contribution is -2.32. The highest BCUT2D eigenvalue weighted by Crippen LogP contribution is 2.50. The summed E-state index contributed by atoms with van der Waals surface area (Å²) in [5.41, 5.74) is 6.18. The van der Waals surface area contributed by atoms with Gasteiger partial charge in [0.25, 0.3) is 0 Å². The summed E-state index contributed by atoms with van der Waals surface area (Å²) in [4.78, 5) is 10.7. The van der Waals surface area contributed by atoms with Gasteiger partial charge in [0.1, 0.15) is 11.8 Å². The third kappa shape index (κ3) is 7.08. The van der Waals surface area contributed by atoms with Crippen LogP contribution in [0.4, 0.5) is 0 Å². The standard InChI is InChI=1S/C13H22N3O6P/c1-15(2)21-23(19,22-16(3)4)20-11-7-5-10(6-8-11)9-12(14)13(17)18/h5-8,12H,9,14H2,1-4H3,(H,17,18)/t12-/m0/s1. The molecule has 0 aliphatic heterocycles. The molecule has 23 heavy (non-hydrogen) atoms. The Morgan fingerprint density at radius 1 is 1.17 bits per heavy atom. The van der Waals surface area contributed by atoms with E-state index in [0.29, 0.717) is 5.56 Å². The molecule has 0 amide bonds. The van der Waals surface area contributed by atoms with E-state index in [1.165, 1.54) is 22.3 Å². The van der Waals surface area contributed by atoms with Crippen LogP contribution in [0.2, 0.25) is 0 Å². The molecule has 0 saturated carbocycles. The number of rotatable bonds is 9. The van der Waals surface area contributed by atoms with E-state index in [1.54, 1.807) is 40.3 Å². The Labute approximate surface area is 135 Å². The Bertz CT molecular complexity index is 549. The van der Waals surface area contributed by atoms with Crippen LogP contribution in [0.3, 0.4) is 0 Å². The highest BCUT2D eigenvalue weighted by Gasteiger charge is 2.32. The van der Waals surface area contributed by atoms with Gasteiger partial charge in [0.15, 0.2) is 0 Å². The van der Waals surface area contributed by atoms with Crippen LogP contribution in [0.25, 0.3) is 0 Å². The summed E-state index contributed by atoms with van der Waals surface area (Å²) in [6.45, 7) is 0. The van der Waals surface area contributed by atoms with Crippen LogP contribution in [-0.4, -0.2) is 55.4 Å². The Morgan fingerprint density at radius 2 is 1.65 bits per heavy atom. The molecule has 0 aromatic heterocycles. The van der Waals surface area contributed by atoms with Gasteiger partial charge in [-0.1, -0.05) is 12.1 Å². The van der Waals surface area contributed by atoms with E-state index >= 15 is 0 Å². The average Bonchev–Trinajstić information content (AvgIpc) is 2.38. The van der Waals surface area contributed by atoms with Crippen LogP contribution in [-0.2, 0) is 25.0 Å². The summed E-state index contributed by atoms with van der Waals surface area (Å²) < 4.78 is 28.0. The molecule has 0 bridgehead atoms. The van der Waals surface area contributed by atoms with Gasteiger partial charge in [0.2, 0.25) is 0 Å². The maximum absolute atomic E-state index is 12.5. The number of phosphoric acid groups is 1. The molecule has 1 aromatic carbocycles. The number of hydroxylamine groups is 4. The number of carboxylic acids is 1. The number of nitrogens with zero attached hydrogens (tertiary/aromatic N) is 2. The van der Waals surface area contributed by atoms with E-state index in [2.05, 4.69) is 0 Å². The molecule has 0 spiro atoms. The van der Waals surface area contributed by atoms with Crippen molar-refractivity contribution < 1.29 is 28.2 Å². The van der Waals surface area contributed by atoms with E-state index in [-0.39, 0.29) is 12.2 Å². The normalized spacial score (nSPS) is 13.3. The smallest absolute Gasteiger partial charge is 0.480 e. The van der Waals surface area contributed by atoms with Crippen LogP contribution in [0.1, 0.15) is 5.56 Å². The van der Waals surface area contributed by atoms with Gasteiger partial charge in [0.05, 0.1) is 0 Å². The largest absolute Gasteiger partial charge is 0.564 e. The third-order valence-corrected chi connectivity index (χ3v) is 3.93. The number of aliphatic carboxylic acids is 1. The molecule has 130 valence electrons. The first-order valence-electron chi connectivity index (χ1n) is 6.72. The lowest BCUT2D eigenvalue weighted by atomic mass is 10.1. The van der Waals surface area contributed by atoms with Gasteiger partial charge in [0, 0.05) is 28.2 Å². The lowest BCUT2D eigenvalue weighted by Gasteiger charge is -2.23. The molecular formula is C13H22N3O6P. The number of benzene rings is 1. The van der Waals surface area contributed by atoms with Crippen LogP contribution in [0.5, 0.6) is 5.75 Å². The molecule has 0 heterocycles. The number of nitrogens with two attached hydrogens (primary N) is 1. The molecule has 0 radical (unpaired) electrons. The second-order valence-electron chi connectivity index (χ2n) is 5.12. The van der Waals surface area contributed by atoms with Crippen LogP contribution >= 0.6 is 7.82 Å². The van der Waals surface area contributed by atoms with Crippen molar-refractivity contribution in [2.75, 3.05) is 28.2 Å². The number of carbonyl (C=O) groups is 1. The van der Waals surface area contributed by atoms with Crippen molar-refractivity contribution in [2.24, 2.45) is 5.73 Å². The quantitative estimate of drug-likeness (QED) is 0.501. The fraction of sp³-hybridized carbons (Fsp3) is 0.462. The van der Waals surface area contributed by atoms with E-state index in [9.17, 15) is 9.36 Å². The lowest BCUT2D eigenvalue weighted by molar-refractivity contribution is -0.138. The van der Waals surface area contributed by atoms with Crippen molar-refractivity contribution in [3.8, 4) is 5.75 Å². The Balaban J connectivity index is 2.81. The average molecular weight is 347 g/mol. The number of hydrogen-bond acceptors (Lipinski definition) is 8. The summed E-state index contributed by atoms with van der Waals surface area (Å²) in [6, 6.07) is 5.35. The monoisotopic (exact) mass is 347 g/mol. The van der Waals surface area contributed by atoms with Gasteiger partial charge >= 0.3 is 13.8 Å². The summed E-state index contributed by atoms with van der Waals surface area (Å²) in [5, 5.41) is 11.2. The van der Waals surface area contributed by atoms with Crippen molar-refractivity contribution in [1.82, 2.24) is 10.1 Å². The molecular weight excluding hydrogens is 325 g/mol. The molecule has 0 fully saturated rings. The predicted molar refractivity (Wildman–Crippen MR) is 83.5 cm³/mol. The number of carboxylic acid groups (broad SMARTS) is 1. The molecule has 9 nitrogen and oxygen atoms in total. The van der Waals surface area contributed by atoms with Crippen LogP contribution < -0.4 is 10.3 Å². The fourth-order valence-corrected chi connectivity index (χ4v) is 2.88. The zero-order chi connectivity index (χ0) is 17.6. The SMILES string of the molecule is CN(C)OP(=O)(Oc1ccc(C[C@H](N)C(=O)O)cc1)ON(C)C. The van der Waals surface area contributed by atoms with Gasteiger partial charge in [-0.05, 0) is 24.1 Å². The highest BCUT2D eigenvalue weighted by atomic mass is 31.2. The number of hydrogen-bond donors (Lipinski definition) is 2. The Hall–Kier alpha value is -1.48. The molecule has 0 unspecified atom stereocenters. The van der Waals surface area contributed by atoms with Gasteiger partial charge < -0.3 is 15.4 Å². The molecule has 1 aromatic rings. The van der Waals surface area contributed by atoms with Crippen molar-refractivity contribution in [1.29, 1.82) is 0 Å². The fourth-order valence-electron chi connectivity index (χ4n) is 1.60. The summed E-state index contributed by atoms with van der Waals surface area (Å²) in [6.07, 6.45) is 0.176. The van der Waals surface area contributed by atoms with Gasteiger partial charge in [-0.2, -0.15) is 19.4 Å². The first-order chi connectivity index (χ1) is 10.6. The van der Waals surface area contributed by atoms with E-state index < -0.39 is 19.8 Å². The van der Waals surface area contributed by atoms with Crippen molar-refractivity contribution in [3.05, 3.63) is 29.8 Å². The summed E-state index contributed by atoms with van der Waals surface area (Å²) >= 11 is 0. The minimum Gasteiger partial charge on any atom is -0.480 e. The first-order valence-corrected chi connectivity index (χ1v) is 8.18. The molecule has 1 rings (SSSR count). The van der Waals surface area contributed by atoms with Crippen LogP contribution in [0, 0.1) is 0 Å². The topological polar surface area (TPSA) is 115 Å². The van der Waals surface area contributed by atoms with E-state index in [0.717, 1.165) is 0 Å². The zero-order valence-corrected chi connectivity index (χ0v) is 14.4.